The topological polar surface area (TPSA) is 49.7 Å². The summed E-state index contributed by atoms with van der Waals surface area (Å²) in [6, 6.07) is 5.86. The second-order valence-electron chi connectivity index (χ2n) is 4.11. The molecular weight excluding hydrogens is 361 g/mol. The van der Waals surface area contributed by atoms with Crippen molar-refractivity contribution in [3.05, 3.63) is 29.8 Å². The Morgan fingerprint density at radius 1 is 1.25 bits per heavy atom. The minimum atomic E-state index is -4.44. The van der Waals surface area contributed by atoms with Gasteiger partial charge in [-0.25, -0.2) is 0 Å². The van der Waals surface area contributed by atoms with Gasteiger partial charge in [-0.2, -0.15) is 21.6 Å². The molecule has 1 aromatic carbocycles. The number of benzene rings is 1. The van der Waals surface area contributed by atoms with Gasteiger partial charge in [0, 0.05) is 17.4 Å². The van der Waals surface area contributed by atoms with Gasteiger partial charge in [-0.3, -0.25) is 0 Å². The number of hydrogen-bond donors (Lipinski definition) is 0. The second-order valence-corrected chi connectivity index (χ2v) is 6.48. The fraction of sp³-hybridized carbons (Fsp3) is 0.364. The summed E-state index contributed by atoms with van der Waals surface area (Å²) in [5, 5.41) is 0.268. The Balaban J connectivity index is 2.45. The van der Waals surface area contributed by atoms with Crippen molar-refractivity contribution in [3.8, 4) is 0 Å². The standard InChI is InChI=1S/C11H10BrF3N2O2S/c12-5-6-17(7-11(13,14)15)10-8-3-1-2-4-9(8)20(18,19)16-10/h1-4H,5-7H2. The van der Waals surface area contributed by atoms with Crippen LogP contribution in [-0.4, -0.2) is 43.7 Å². The molecule has 0 fully saturated rings. The molecule has 1 aromatic rings. The highest BCUT2D eigenvalue weighted by molar-refractivity contribution is 9.09. The molecular formula is C11H10BrF3N2O2S. The van der Waals surface area contributed by atoms with Crippen LogP contribution in [0.5, 0.6) is 0 Å². The number of fused-ring (bicyclic) bond motifs is 1. The van der Waals surface area contributed by atoms with Crippen LogP contribution in [-0.2, 0) is 10.0 Å². The Morgan fingerprint density at radius 3 is 2.50 bits per heavy atom. The van der Waals surface area contributed by atoms with E-state index in [1.807, 2.05) is 0 Å². The van der Waals surface area contributed by atoms with Gasteiger partial charge >= 0.3 is 6.18 Å². The van der Waals surface area contributed by atoms with Crippen LogP contribution in [0.2, 0.25) is 0 Å². The van der Waals surface area contributed by atoms with Crippen molar-refractivity contribution in [2.45, 2.75) is 11.1 Å². The third-order valence-corrected chi connectivity index (χ3v) is 4.32. The van der Waals surface area contributed by atoms with Crippen molar-refractivity contribution in [2.75, 3.05) is 18.4 Å². The second kappa shape index (κ2) is 5.36. The normalized spacial score (nSPS) is 16.7. The summed E-state index contributed by atoms with van der Waals surface area (Å²) < 4.78 is 64.9. The van der Waals surface area contributed by atoms with Crippen LogP contribution in [0.15, 0.2) is 33.6 Å². The first-order valence-electron chi connectivity index (χ1n) is 5.56. The third-order valence-electron chi connectivity index (χ3n) is 2.64. The molecule has 2 rings (SSSR count). The molecule has 1 aliphatic rings. The lowest BCUT2D eigenvalue weighted by Gasteiger charge is -2.24. The molecule has 0 N–H and O–H groups in total. The van der Waals surface area contributed by atoms with Crippen LogP contribution in [0.4, 0.5) is 13.2 Å². The maximum absolute atomic E-state index is 12.6. The van der Waals surface area contributed by atoms with E-state index in [4.69, 9.17) is 0 Å². The van der Waals surface area contributed by atoms with E-state index in [0.29, 0.717) is 0 Å². The summed E-state index contributed by atoms with van der Waals surface area (Å²) in [5.41, 5.74) is 0.206. The third kappa shape index (κ3) is 3.14. The molecule has 0 aliphatic carbocycles. The first kappa shape index (κ1) is 15.3. The fourth-order valence-electron chi connectivity index (χ4n) is 1.89. The summed E-state index contributed by atoms with van der Waals surface area (Å²) >= 11 is 3.06. The summed E-state index contributed by atoms with van der Waals surface area (Å²) in [5.74, 6) is -0.155. The van der Waals surface area contributed by atoms with Gasteiger partial charge in [0.05, 0.1) is 0 Å². The number of hydrogen-bond acceptors (Lipinski definition) is 3. The predicted molar refractivity (Wildman–Crippen MR) is 71.6 cm³/mol. The molecule has 9 heteroatoms. The monoisotopic (exact) mass is 370 g/mol. The quantitative estimate of drug-likeness (QED) is 0.767. The molecule has 20 heavy (non-hydrogen) atoms. The SMILES string of the molecule is O=S1(=O)N=C(N(CCBr)CC(F)(F)F)c2ccccc21. The van der Waals surface area contributed by atoms with Crippen molar-refractivity contribution in [1.82, 2.24) is 4.90 Å². The highest BCUT2D eigenvalue weighted by atomic mass is 79.9. The van der Waals surface area contributed by atoms with Crippen LogP contribution in [0.25, 0.3) is 0 Å². The van der Waals surface area contributed by atoms with Crippen LogP contribution in [0.1, 0.15) is 5.56 Å². The van der Waals surface area contributed by atoms with Gasteiger partial charge < -0.3 is 4.90 Å². The molecule has 4 nitrogen and oxygen atoms in total. The van der Waals surface area contributed by atoms with Crippen LogP contribution in [0.3, 0.4) is 0 Å². The lowest BCUT2D eigenvalue weighted by molar-refractivity contribution is -0.137. The molecule has 1 aliphatic heterocycles. The Kier molecular flexibility index (Phi) is 4.10. The molecule has 1 heterocycles. The van der Waals surface area contributed by atoms with E-state index in [2.05, 4.69) is 20.3 Å². The summed E-state index contributed by atoms with van der Waals surface area (Å²) in [6.07, 6.45) is -4.44. The van der Waals surface area contributed by atoms with E-state index in [1.165, 1.54) is 18.2 Å². The van der Waals surface area contributed by atoms with E-state index < -0.39 is 22.7 Å². The Hall–Kier alpha value is -1.09. The average molecular weight is 371 g/mol. The molecule has 0 radical (unpaired) electrons. The van der Waals surface area contributed by atoms with Gasteiger partial charge in [-0.1, -0.05) is 28.1 Å². The van der Waals surface area contributed by atoms with Crippen molar-refractivity contribution < 1.29 is 21.6 Å². The van der Waals surface area contributed by atoms with E-state index in [9.17, 15) is 21.6 Å². The first-order chi connectivity index (χ1) is 9.24. The zero-order valence-electron chi connectivity index (χ0n) is 10.1. The molecule has 0 aromatic heterocycles. The van der Waals surface area contributed by atoms with Crippen molar-refractivity contribution >= 4 is 31.8 Å². The van der Waals surface area contributed by atoms with Crippen molar-refractivity contribution in [3.63, 3.8) is 0 Å². The molecule has 0 amide bonds. The van der Waals surface area contributed by atoms with Crippen LogP contribution in [0, 0.1) is 0 Å². The highest BCUT2D eigenvalue weighted by Crippen LogP contribution is 2.29. The first-order valence-corrected chi connectivity index (χ1v) is 8.13. The molecule has 0 saturated carbocycles. The number of amidine groups is 1. The van der Waals surface area contributed by atoms with Gasteiger partial charge in [0.15, 0.2) is 5.84 Å². The highest BCUT2D eigenvalue weighted by Gasteiger charge is 2.37. The minimum Gasteiger partial charge on any atom is -0.345 e. The minimum absolute atomic E-state index is 0.00218. The molecule has 0 bridgehead atoms. The van der Waals surface area contributed by atoms with Crippen LogP contribution < -0.4 is 0 Å². The van der Waals surface area contributed by atoms with Gasteiger partial charge in [-0.15, -0.1) is 4.40 Å². The van der Waals surface area contributed by atoms with E-state index in [0.717, 1.165) is 4.90 Å². The molecule has 0 atom stereocenters. The largest absolute Gasteiger partial charge is 0.405 e. The molecule has 0 spiro atoms. The number of nitrogens with zero attached hydrogens (tertiary/aromatic N) is 2. The molecule has 110 valence electrons. The fourth-order valence-corrected chi connectivity index (χ4v) is 3.55. The smallest absolute Gasteiger partial charge is 0.345 e. The van der Waals surface area contributed by atoms with E-state index >= 15 is 0 Å². The van der Waals surface area contributed by atoms with Crippen molar-refractivity contribution in [2.24, 2.45) is 4.40 Å². The summed E-state index contributed by atoms with van der Waals surface area (Å²) in [4.78, 5) is 0.856. The summed E-state index contributed by atoms with van der Waals surface area (Å²) in [7, 11) is -3.91. The average Bonchev–Trinajstić information content (AvgIpc) is 2.60. The van der Waals surface area contributed by atoms with Gasteiger partial charge in [0.1, 0.15) is 11.4 Å². The maximum Gasteiger partial charge on any atom is 0.405 e. The summed E-state index contributed by atoms with van der Waals surface area (Å²) in [6.45, 7) is -1.25. The van der Waals surface area contributed by atoms with E-state index in [-0.39, 0.29) is 28.2 Å². The number of alkyl halides is 4. The van der Waals surface area contributed by atoms with Gasteiger partial charge in [0.25, 0.3) is 10.0 Å². The zero-order chi connectivity index (χ0) is 15.0. The molecule has 0 unspecified atom stereocenters. The number of sulfonamides is 1. The van der Waals surface area contributed by atoms with Gasteiger partial charge in [0.2, 0.25) is 0 Å². The zero-order valence-corrected chi connectivity index (χ0v) is 12.5. The van der Waals surface area contributed by atoms with Crippen LogP contribution >= 0.6 is 15.9 Å². The number of rotatable bonds is 3. The van der Waals surface area contributed by atoms with E-state index in [1.54, 1.807) is 6.07 Å². The maximum atomic E-state index is 12.6. The van der Waals surface area contributed by atoms with Crippen molar-refractivity contribution in [1.29, 1.82) is 0 Å². The molecule has 0 saturated heterocycles. The number of halogens is 4. The Morgan fingerprint density at radius 2 is 1.90 bits per heavy atom. The Labute approximate surface area is 122 Å². The Bertz CT molecular complexity index is 643. The lowest BCUT2D eigenvalue weighted by Crippen LogP contribution is -2.40. The lowest BCUT2D eigenvalue weighted by atomic mass is 10.2. The van der Waals surface area contributed by atoms with Gasteiger partial charge in [-0.05, 0) is 12.1 Å². The predicted octanol–water partition coefficient (Wildman–Crippen LogP) is 2.39.